The molecule has 0 spiro atoms. The normalized spacial score (nSPS) is 16.0. The fourth-order valence-corrected chi connectivity index (χ4v) is 5.13. The molecule has 2 N–H and O–H groups in total. The molecule has 2 heterocycles. The van der Waals surface area contributed by atoms with Gasteiger partial charge >= 0.3 is 0 Å². The van der Waals surface area contributed by atoms with Crippen molar-refractivity contribution in [2.45, 2.75) is 13.0 Å². The van der Waals surface area contributed by atoms with E-state index < -0.39 is 5.91 Å². The van der Waals surface area contributed by atoms with E-state index in [4.69, 9.17) is 10.7 Å². The van der Waals surface area contributed by atoms with Crippen molar-refractivity contribution in [3.8, 4) is 0 Å². The van der Waals surface area contributed by atoms with Gasteiger partial charge in [0, 0.05) is 53.0 Å². The number of hydrogen-bond acceptors (Lipinski definition) is 5. The number of halogens is 1. The number of primary amides is 1. The quantitative estimate of drug-likeness (QED) is 0.605. The average Bonchev–Trinajstić information content (AvgIpc) is 3.15. The van der Waals surface area contributed by atoms with Crippen molar-refractivity contribution < 1.29 is 4.79 Å². The maximum absolute atomic E-state index is 11.3. The van der Waals surface area contributed by atoms with Gasteiger partial charge < -0.3 is 10.6 Å². The summed E-state index contributed by atoms with van der Waals surface area (Å²) in [5.41, 5.74) is 9.34. The Morgan fingerprint density at radius 3 is 2.45 bits per heavy atom. The summed E-state index contributed by atoms with van der Waals surface area (Å²) in [6, 6.07) is 16.2. The number of anilines is 1. The third-order valence-corrected chi connectivity index (χ3v) is 6.74. The molecule has 0 bridgehead atoms. The minimum Gasteiger partial charge on any atom is -0.369 e. The van der Waals surface area contributed by atoms with E-state index in [2.05, 4.69) is 55.4 Å². The van der Waals surface area contributed by atoms with Crippen LogP contribution in [0.3, 0.4) is 0 Å². The Bertz CT molecular complexity index is 996. The zero-order chi connectivity index (χ0) is 20.4. The van der Waals surface area contributed by atoms with Crippen molar-refractivity contribution in [2.24, 2.45) is 5.73 Å². The number of benzene rings is 2. The minimum absolute atomic E-state index is 0.158. The molecule has 1 aliphatic heterocycles. The van der Waals surface area contributed by atoms with Crippen LogP contribution in [-0.2, 0) is 0 Å². The highest BCUT2D eigenvalue weighted by atomic mass is 79.9. The largest absolute Gasteiger partial charge is 0.369 e. The predicted octanol–water partition coefficient (Wildman–Crippen LogP) is 4.22. The number of carbonyl (C=O) groups is 1. The standard InChI is InChI=1S/C22H23BrN4OS/c1-15-14-29-22(25-15)20(17-3-2-4-18(23)13-17)27-11-9-26(10-12-27)19-7-5-16(6-8-19)21(24)28/h2-8,13-14,20H,9-12H2,1H3,(H2,24,28). The smallest absolute Gasteiger partial charge is 0.248 e. The number of rotatable bonds is 5. The van der Waals surface area contributed by atoms with Gasteiger partial charge in [-0.1, -0.05) is 28.1 Å². The molecule has 150 valence electrons. The van der Waals surface area contributed by atoms with Crippen molar-refractivity contribution in [1.29, 1.82) is 0 Å². The number of amides is 1. The molecule has 1 aromatic heterocycles. The number of nitrogens with two attached hydrogens (primary N) is 1. The predicted molar refractivity (Wildman–Crippen MR) is 122 cm³/mol. The summed E-state index contributed by atoms with van der Waals surface area (Å²) >= 11 is 5.34. The fraction of sp³-hybridized carbons (Fsp3) is 0.273. The lowest BCUT2D eigenvalue weighted by atomic mass is 10.0. The van der Waals surface area contributed by atoms with Gasteiger partial charge in [-0.15, -0.1) is 11.3 Å². The fourth-order valence-electron chi connectivity index (χ4n) is 3.76. The molecule has 4 rings (SSSR count). The summed E-state index contributed by atoms with van der Waals surface area (Å²) in [7, 11) is 0. The highest BCUT2D eigenvalue weighted by Crippen LogP contribution is 2.33. The molecular formula is C22H23BrN4OS. The number of aryl methyl sites for hydroxylation is 1. The second-order valence-corrected chi connectivity index (χ2v) is 9.02. The Balaban J connectivity index is 1.53. The average molecular weight is 471 g/mol. The van der Waals surface area contributed by atoms with Gasteiger partial charge in [-0.25, -0.2) is 4.98 Å². The minimum atomic E-state index is -0.392. The molecule has 5 nitrogen and oxygen atoms in total. The molecule has 1 fully saturated rings. The molecule has 0 radical (unpaired) electrons. The van der Waals surface area contributed by atoms with Gasteiger partial charge in [0.25, 0.3) is 0 Å². The topological polar surface area (TPSA) is 62.5 Å². The molecular weight excluding hydrogens is 448 g/mol. The zero-order valence-corrected chi connectivity index (χ0v) is 18.6. The lowest BCUT2D eigenvalue weighted by molar-refractivity contribution is 0.100. The number of nitrogens with zero attached hydrogens (tertiary/aromatic N) is 3. The van der Waals surface area contributed by atoms with Gasteiger partial charge in [0.1, 0.15) is 5.01 Å². The SMILES string of the molecule is Cc1csc(C(c2cccc(Br)c2)N2CCN(c3ccc(C(N)=O)cc3)CC2)n1. The molecule has 1 saturated heterocycles. The van der Waals surface area contributed by atoms with Crippen LogP contribution < -0.4 is 10.6 Å². The summed E-state index contributed by atoms with van der Waals surface area (Å²) in [5.74, 6) is -0.392. The molecule has 2 aromatic carbocycles. The Morgan fingerprint density at radius 1 is 1.14 bits per heavy atom. The number of hydrogen-bond donors (Lipinski definition) is 1. The molecule has 1 aliphatic rings. The summed E-state index contributed by atoms with van der Waals surface area (Å²) < 4.78 is 1.08. The first-order valence-corrected chi connectivity index (χ1v) is 11.2. The molecule has 1 amide bonds. The van der Waals surface area contributed by atoms with E-state index in [1.807, 2.05) is 19.1 Å². The molecule has 3 aromatic rings. The zero-order valence-electron chi connectivity index (χ0n) is 16.2. The van der Waals surface area contributed by atoms with Crippen LogP contribution in [0.1, 0.15) is 32.7 Å². The maximum atomic E-state index is 11.3. The lowest BCUT2D eigenvalue weighted by Gasteiger charge is -2.39. The van der Waals surface area contributed by atoms with E-state index >= 15 is 0 Å². The van der Waals surface area contributed by atoms with Crippen LogP contribution in [0.5, 0.6) is 0 Å². The van der Waals surface area contributed by atoms with Gasteiger partial charge in [-0.3, -0.25) is 9.69 Å². The van der Waals surface area contributed by atoms with Crippen LogP contribution in [0, 0.1) is 6.92 Å². The number of thiazole rings is 1. The van der Waals surface area contributed by atoms with Crippen LogP contribution >= 0.6 is 27.3 Å². The number of aromatic nitrogens is 1. The van der Waals surface area contributed by atoms with Crippen LogP contribution in [0.4, 0.5) is 5.69 Å². The van der Waals surface area contributed by atoms with Gasteiger partial charge in [0.05, 0.1) is 6.04 Å². The second-order valence-electron chi connectivity index (χ2n) is 7.22. The van der Waals surface area contributed by atoms with Crippen LogP contribution in [0.15, 0.2) is 58.4 Å². The van der Waals surface area contributed by atoms with E-state index in [1.165, 1.54) is 5.56 Å². The van der Waals surface area contributed by atoms with Crippen LogP contribution in [0.2, 0.25) is 0 Å². The molecule has 29 heavy (non-hydrogen) atoms. The highest BCUT2D eigenvalue weighted by Gasteiger charge is 2.28. The lowest BCUT2D eigenvalue weighted by Crippen LogP contribution is -2.48. The Morgan fingerprint density at radius 2 is 1.86 bits per heavy atom. The first-order chi connectivity index (χ1) is 14.0. The second kappa shape index (κ2) is 8.65. The van der Waals surface area contributed by atoms with E-state index in [0.29, 0.717) is 5.56 Å². The van der Waals surface area contributed by atoms with Gasteiger partial charge in [-0.05, 0) is 48.9 Å². The first-order valence-electron chi connectivity index (χ1n) is 9.57. The van der Waals surface area contributed by atoms with Crippen molar-refractivity contribution in [1.82, 2.24) is 9.88 Å². The summed E-state index contributed by atoms with van der Waals surface area (Å²) in [6.45, 7) is 5.77. The van der Waals surface area contributed by atoms with Gasteiger partial charge in [0.15, 0.2) is 0 Å². The van der Waals surface area contributed by atoms with E-state index in [1.54, 1.807) is 23.5 Å². The van der Waals surface area contributed by atoms with E-state index in [0.717, 1.165) is 47.0 Å². The molecule has 0 aliphatic carbocycles. The van der Waals surface area contributed by atoms with Crippen LogP contribution in [-0.4, -0.2) is 42.0 Å². The molecule has 7 heteroatoms. The Labute approximate surface area is 183 Å². The third-order valence-electron chi connectivity index (χ3n) is 5.23. The monoisotopic (exact) mass is 470 g/mol. The van der Waals surface area contributed by atoms with Gasteiger partial charge in [0.2, 0.25) is 5.91 Å². The summed E-state index contributed by atoms with van der Waals surface area (Å²) in [5, 5.41) is 3.26. The Hall–Kier alpha value is -2.22. The number of carbonyl (C=O) groups excluding carboxylic acids is 1. The third kappa shape index (κ3) is 4.52. The number of piperazine rings is 1. The van der Waals surface area contributed by atoms with Gasteiger partial charge in [-0.2, -0.15) is 0 Å². The van der Waals surface area contributed by atoms with Crippen molar-refractivity contribution in [3.63, 3.8) is 0 Å². The van der Waals surface area contributed by atoms with E-state index in [-0.39, 0.29) is 6.04 Å². The summed E-state index contributed by atoms with van der Waals surface area (Å²) in [6.07, 6.45) is 0. The summed E-state index contributed by atoms with van der Waals surface area (Å²) in [4.78, 5) is 21.0. The first kappa shape index (κ1) is 20.1. The van der Waals surface area contributed by atoms with Crippen LogP contribution in [0.25, 0.3) is 0 Å². The van der Waals surface area contributed by atoms with Crippen molar-refractivity contribution in [2.75, 3.05) is 31.1 Å². The van der Waals surface area contributed by atoms with Crippen molar-refractivity contribution in [3.05, 3.63) is 80.2 Å². The maximum Gasteiger partial charge on any atom is 0.248 e. The molecule has 1 unspecified atom stereocenters. The van der Waals surface area contributed by atoms with E-state index in [9.17, 15) is 4.79 Å². The molecule has 1 atom stereocenters. The molecule has 0 saturated carbocycles. The Kier molecular flexibility index (Phi) is 5.99. The highest BCUT2D eigenvalue weighted by molar-refractivity contribution is 9.10. The van der Waals surface area contributed by atoms with Crippen molar-refractivity contribution >= 4 is 38.9 Å².